The molecule has 94 valence electrons. The second-order valence-electron chi connectivity index (χ2n) is 5.18. The van der Waals surface area contributed by atoms with Gasteiger partial charge in [-0.25, -0.2) is 0 Å². The number of hydrogen-bond acceptors (Lipinski definition) is 2. The van der Waals surface area contributed by atoms with Crippen LogP contribution < -0.4 is 5.73 Å². The molecule has 0 saturated heterocycles. The summed E-state index contributed by atoms with van der Waals surface area (Å²) in [6, 6.07) is 2.14. The summed E-state index contributed by atoms with van der Waals surface area (Å²) in [7, 11) is 0. The van der Waals surface area contributed by atoms with Gasteiger partial charge < -0.3 is 5.73 Å². The van der Waals surface area contributed by atoms with Gasteiger partial charge in [0.15, 0.2) is 0 Å². The predicted molar refractivity (Wildman–Crippen MR) is 80.0 cm³/mol. The molecule has 1 aliphatic rings. The van der Waals surface area contributed by atoms with Crippen LogP contribution in [0.25, 0.3) is 10.9 Å². The first-order valence-electron chi connectivity index (χ1n) is 6.46. The Morgan fingerprint density at radius 1 is 1.22 bits per heavy atom. The molecule has 0 bridgehead atoms. The number of rotatable bonds is 0. The van der Waals surface area contributed by atoms with E-state index in [-0.39, 0.29) is 0 Å². The van der Waals surface area contributed by atoms with Crippen LogP contribution >= 0.6 is 15.9 Å². The normalized spacial score (nSPS) is 14.8. The van der Waals surface area contributed by atoms with Crippen LogP contribution in [0.5, 0.6) is 0 Å². The minimum Gasteiger partial charge on any atom is -0.398 e. The third-order valence-electron chi connectivity index (χ3n) is 3.95. The van der Waals surface area contributed by atoms with Crippen LogP contribution in [0, 0.1) is 13.8 Å². The molecule has 1 aromatic carbocycles. The molecular weight excluding hydrogens is 288 g/mol. The summed E-state index contributed by atoms with van der Waals surface area (Å²) < 4.78 is 1.15. The number of aryl methyl sites for hydroxylation is 3. The Balaban J connectivity index is 2.43. The van der Waals surface area contributed by atoms with E-state index in [2.05, 4.69) is 35.8 Å². The van der Waals surface area contributed by atoms with E-state index in [1.807, 2.05) is 0 Å². The number of anilines is 1. The molecule has 3 heteroatoms. The maximum Gasteiger partial charge on any atom is 0.0732 e. The van der Waals surface area contributed by atoms with Gasteiger partial charge in [0.25, 0.3) is 0 Å². The Kier molecular flexibility index (Phi) is 2.81. The Bertz CT molecular complexity index is 647. The van der Waals surface area contributed by atoms with Gasteiger partial charge in [0.1, 0.15) is 0 Å². The molecular formula is C15H17BrN2. The van der Waals surface area contributed by atoms with Crippen molar-refractivity contribution in [2.45, 2.75) is 39.5 Å². The van der Waals surface area contributed by atoms with Crippen molar-refractivity contribution in [1.29, 1.82) is 0 Å². The van der Waals surface area contributed by atoms with Crippen molar-refractivity contribution >= 4 is 32.5 Å². The van der Waals surface area contributed by atoms with Crippen LogP contribution in [0.2, 0.25) is 0 Å². The van der Waals surface area contributed by atoms with Crippen molar-refractivity contribution in [2.75, 3.05) is 5.73 Å². The molecule has 0 spiro atoms. The second-order valence-corrected chi connectivity index (χ2v) is 5.98. The first-order valence-corrected chi connectivity index (χ1v) is 7.25. The van der Waals surface area contributed by atoms with E-state index in [9.17, 15) is 0 Å². The van der Waals surface area contributed by atoms with Gasteiger partial charge in [0, 0.05) is 21.2 Å². The zero-order valence-electron chi connectivity index (χ0n) is 10.8. The van der Waals surface area contributed by atoms with E-state index in [4.69, 9.17) is 10.7 Å². The molecule has 1 aromatic heterocycles. The number of nitrogens with two attached hydrogens (primary N) is 1. The molecule has 3 rings (SSSR count). The molecule has 0 radical (unpaired) electrons. The SMILES string of the molecule is Cc1cc2nc3c(c(N)c2c(C)c1Br)CCCC3. The summed E-state index contributed by atoms with van der Waals surface area (Å²) in [4.78, 5) is 4.84. The lowest BCUT2D eigenvalue weighted by Gasteiger charge is -2.20. The smallest absolute Gasteiger partial charge is 0.0732 e. The first kappa shape index (κ1) is 12.0. The highest BCUT2D eigenvalue weighted by Crippen LogP contribution is 2.36. The second kappa shape index (κ2) is 4.23. The fourth-order valence-electron chi connectivity index (χ4n) is 2.97. The van der Waals surface area contributed by atoms with Gasteiger partial charge in [-0.2, -0.15) is 0 Å². The number of halogens is 1. The Morgan fingerprint density at radius 2 is 1.94 bits per heavy atom. The highest BCUT2D eigenvalue weighted by Gasteiger charge is 2.18. The summed E-state index contributed by atoms with van der Waals surface area (Å²) in [6.45, 7) is 4.22. The summed E-state index contributed by atoms with van der Waals surface area (Å²) in [5.41, 5.74) is 13.3. The van der Waals surface area contributed by atoms with Crippen LogP contribution in [-0.2, 0) is 12.8 Å². The molecule has 18 heavy (non-hydrogen) atoms. The van der Waals surface area contributed by atoms with E-state index in [0.717, 1.165) is 33.9 Å². The largest absolute Gasteiger partial charge is 0.398 e. The van der Waals surface area contributed by atoms with Gasteiger partial charge >= 0.3 is 0 Å². The van der Waals surface area contributed by atoms with Crippen LogP contribution in [0.15, 0.2) is 10.5 Å². The van der Waals surface area contributed by atoms with E-state index >= 15 is 0 Å². The number of fused-ring (bicyclic) bond motifs is 2. The number of nitrogen functional groups attached to an aromatic ring is 1. The lowest BCUT2D eigenvalue weighted by atomic mass is 9.91. The average Bonchev–Trinajstić information content (AvgIpc) is 2.36. The highest BCUT2D eigenvalue weighted by molar-refractivity contribution is 9.10. The van der Waals surface area contributed by atoms with Gasteiger partial charge in [-0.1, -0.05) is 15.9 Å². The summed E-state index contributed by atoms with van der Waals surface area (Å²) in [5.74, 6) is 0. The van der Waals surface area contributed by atoms with E-state index < -0.39 is 0 Å². The molecule has 0 atom stereocenters. The van der Waals surface area contributed by atoms with E-state index in [0.29, 0.717) is 0 Å². The predicted octanol–water partition coefficient (Wildman–Crippen LogP) is 4.08. The molecule has 2 N–H and O–H groups in total. The number of hydrogen-bond donors (Lipinski definition) is 1. The fraction of sp³-hybridized carbons (Fsp3) is 0.400. The van der Waals surface area contributed by atoms with Crippen molar-refractivity contribution in [3.8, 4) is 0 Å². The lowest BCUT2D eigenvalue weighted by Crippen LogP contribution is -2.10. The minimum atomic E-state index is 0.952. The van der Waals surface area contributed by atoms with Crippen molar-refractivity contribution in [2.24, 2.45) is 0 Å². The topological polar surface area (TPSA) is 38.9 Å². The van der Waals surface area contributed by atoms with Gasteiger partial charge in [-0.15, -0.1) is 0 Å². The molecule has 2 nitrogen and oxygen atoms in total. The summed E-state index contributed by atoms with van der Waals surface area (Å²) in [5, 5.41) is 1.13. The number of pyridine rings is 1. The fourth-order valence-corrected chi connectivity index (χ4v) is 3.28. The maximum atomic E-state index is 6.40. The summed E-state index contributed by atoms with van der Waals surface area (Å²) in [6.07, 6.45) is 4.62. The van der Waals surface area contributed by atoms with E-state index in [1.54, 1.807) is 0 Å². The standard InChI is InChI=1S/C15H17BrN2/c1-8-7-12-13(9(2)14(8)16)15(17)10-5-3-4-6-11(10)18-12/h7H,3-6H2,1-2H3,(H2,17,18). The molecule has 0 unspecified atom stereocenters. The Labute approximate surface area is 116 Å². The van der Waals surface area contributed by atoms with Crippen LogP contribution in [-0.4, -0.2) is 4.98 Å². The molecule has 0 fully saturated rings. The molecule has 1 aliphatic carbocycles. The molecule has 0 saturated carbocycles. The van der Waals surface area contributed by atoms with Gasteiger partial charge in [-0.05, 0) is 62.3 Å². The third-order valence-corrected chi connectivity index (χ3v) is 5.17. The van der Waals surface area contributed by atoms with Crippen LogP contribution in [0.1, 0.15) is 35.2 Å². The Morgan fingerprint density at radius 3 is 2.72 bits per heavy atom. The molecule has 1 heterocycles. The van der Waals surface area contributed by atoms with Crippen LogP contribution in [0.3, 0.4) is 0 Å². The average molecular weight is 305 g/mol. The molecule has 0 aliphatic heterocycles. The van der Waals surface area contributed by atoms with Gasteiger partial charge in [0.2, 0.25) is 0 Å². The maximum absolute atomic E-state index is 6.40. The van der Waals surface area contributed by atoms with Crippen molar-refractivity contribution in [1.82, 2.24) is 4.98 Å². The van der Waals surface area contributed by atoms with Crippen molar-refractivity contribution in [3.05, 3.63) is 32.9 Å². The van der Waals surface area contributed by atoms with Gasteiger partial charge in [0.05, 0.1) is 5.52 Å². The molecule has 2 aromatic rings. The van der Waals surface area contributed by atoms with E-state index in [1.165, 1.54) is 35.2 Å². The first-order chi connectivity index (χ1) is 8.59. The minimum absolute atomic E-state index is 0.952. The van der Waals surface area contributed by atoms with Crippen LogP contribution in [0.4, 0.5) is 5.69 Å². The highest BCUT2D eigenvalue weighted by atomic mass is 79.9. The zero-order valence-corrected chi connectivity index (χ0v) is 12.4. The lowest BCUT2D eigenvalue weighted by molar-refractivity contribution is 0.673. The van der Waals surface area contributed by atoms with Gasteiger partial charge in [-0.3, -0.25) is 4.98 Å². The number of nitrogens with zero attached hydrogens (tertiary/aromatic N) is 1. The van der Waals surface area contributed by atoms with Crippen molar-refractivity contribution in [3.63, 3.8) is 0 Å². The Hall–Kier alpha value is -1.09. The van der Waals surface area contributed by atoms with Crippen molar-refractivity contribution < 1.29 is 0 Å². The number of benzene rings is 1. The number of aromatic nitrogens is 1. The molecule has 0 amide bonds. The summed E-state index contributed by atoms with van der Waals surface area (Å²) >= 11 is 3.65. The zero-order chi connectivity index (χ0) is 12.9. The quantitative estimate of drug-likeness (QED) is 0.796. The third kappa shape index (κ3) is 1.64. The monoisotopic (exact) mass is 304 g/mol.